The molecule has 0 heterocycles. The van der Waals surface area contributed by atoms with Crippen molar-refractivity contribution in [2.75, 3.05) is 18.5 Å². The molecule has 2 nitrogen and oxygen atoms in total. The van der Waals surface area contributed by atoms with Crippen LogP contribution in [-0.2, 0) is 6.42 Å². The van der Waals surface area contributed by atoms with Crippen LogP contribution in [0, 0.1) is 5.41 Å². The average molecular weight is 207 g/mol. The standard InChI is InChI=1S/C13H21NO/c1-13(2,3)10-14-12-6-4-11(5-7-12)8-9-15/h4-7,14-15H,8-10H2,1-3H3. The van der Waals surface area contributed by atoms with E-state index < -0.39 is 0 Å². The van der Waals surface area contributed by atoms with Crippen molar-refractivity contribution in [2.45, 2.75) is 27.2 Å². The zero-order chi connectivity index (χ0) is 11.3. The van der Waals surface area contributed by atoms with Crippen molar-refractivity contribution in [1.82, 2.24) is 0 Å². The minimum absolute atomic E-state index is 0.217. The molecule has 0 unspecified atom stereocenters. The van der Waals surface area contributed by atoms with Gasteiger partial charge in [0, 0.05) is 18.8 Å². The van der Waals surface area contributed by atoms with Gasteiger partial charge in [0.2, 0.25) is 0 Å². The third-order valence-electron chi connectivity index (χ3n) is 2.18. The Kier molecular flexibility index (Phi) is 4.15. The van der Waals surface area contributed by atoms with Gasteiger partial charge in [-0.25, -0.2) is 0 Å². The molecular formula is C13H21NO. The van der Waals surface area contributed by atoms with Crippen LogP contribution in [0.1, 0.15) is 26.3 Å². The molecule has 0 aliphatic heterocycles. The Morgan fingerprint density at radius 2 is 1.73 bits per heavy atom. The summed E-state index contributed by atoms with van der Waals surface area (Å²) in [7, 11) is 0. The molecule has 0 aliphatic rings. The lowest BCUT2D eigenvalue weighted by atomic mass is 9.97. The fourth-order valence-corrected chi connectivity index (χ4v) is 1.29. The summed E-state index contributed by atoms with van der Waals surface area (Å²) < 4.78 is 0. The van der Waals surface area contributed by atoms with Crippen molar-refractivity contribution >= 4 is 5.69 Å². The summed E-state index contributed by atoms with van der Waals surface area (Å²) in [6.07, 6.45) is 0.736. The molecule has 2 N–H and O–H groups in total. The second kappa shape index (κ2) is 5.17. The van der Waals surface area contributed by atoms with Gasteiger partial charge in [-0.05, 0) is 29.5 Å². The number of benzene rings is 1. The molecule has 0 fully saturated rings. The van der Waals surface area contributed by atoms with Crippen molar-refractivity contribution in [3.05, 3.63) is 29.8 Å². The first kappa shape index (κ1) is 12.1. The Morgan fingerprint density at radius 1 is 1.13 bits per heavy atom. The van der Waals surface area contributed by atoms with Gasteiger partial charge in [-0.3, -0.25) is 0 Å². The van der Waals surface area contributed by atoms with Crippen molar-refractivity contribution < 1.29 is 5.11 Å². The predicted octanol–water partition coefficient (Wildman–Crippen LogP) is 2.68. The zero-order valence-corrected chi connectivity index (χ0v) is 9.88. The van der Waals surface area contributed by atoms with Gasteiger partial charge in [-0.2, -0.15) is 0 Å². The van der Waals surface area contributed by atoms with Crippen molar-refractivity contribution in [3.8, 4) is 0 Å². The van der Waals surface area contributed by atoms with Crippen LogP contribution in [-0.4, -0.2) is 18.3 Å². The molecule has 0 saturated carbocycles. The first-order valence-electron chi connectivity index (χ1n) is 5.45. The highest BCUT2D eigenvalue weighted by atomic mass is 16.2. The number of hydrogen-bond donors (Lipinski definition) is 2. The molecule has 0 radical (unpaired) electrons. The monoisotopic (exact) mass is 207 g/mol. The van der Waals surface area contributed by atoms with E-state index in [0.29, 0.717) is 5.41 Å². The molecule has 0 amide bonds. The number of hydrogen-bond acceptors (Lipinski definition) is 2. The highest BCUT2D eigenvalue weighted by Crippen LogP contribution is 2.16. The highest BCUT2D eigenvalue weighted by molar-refractivity contribution is 5.44. The second-order valence-corrected chi connectivity index (χ2v) is 5.08. The zero-order valence-electron chi connectivity index (χ0n) is 9.88. The van der Waals surface area contributed by atoms with E-state index in [1.54, 1.807) is 0 Å². The summed E-state index contributed by atoms with van der Waals surface area (Å²) in [5.74, 6) is 0. The van der Waals surface area contributed by atoms with Gasteiger partial charge < -0.3 is 10.4 Å². The van der Waals surface area contributed by atoms with Gasteiger partial charge in [0.15, 0.2) is 0 Å². The summed E-state index contributed by atoms with van der Waals surface area (Å²) in [5.41, 5.74) is 2.62. The van der Waals surface area contributed by atoms with Gasteiger partial charge in [-0.1, -0.05) is 32.9 Å². The minimum Gasteiger partial charge on any atom is -0.396 e. The van der Waals surface area contributed by atoms with Crippen molar-refractivity contribution in [3.63, 3.8) is 0 Å². The van der Waals surface area contributed by atoms with E-state index in [4.69, 9.17) is 5.11 Å². The van der Waals surface area contributed by atoms with E-state index >= 15 is 0 Å². The van der Waals surface area contributed by atoms with Crippen LogP contribution in [0.15, 0.2) is 24.3 Å². The first-order valence-corrected chi connectivity index (χ1v) is 5.45. The second-order valence-electron chi connectivity index (χ2n) is 5.08. The third kappa shape index (κ3) is 4.84. The summed E-state index contributed by atoms with van der Waals surface area (Å²) in [4.78, 5) is 0. The summed E-state index contributed by atoms with van der Waals surface area (Å²) >= 11 is 0. The smallest absolute Gasteiger partial charge is 0.0471 e. The maximum absolute atomic E-state index is 8.78. The van der Waals surface area contributed by atoms with E-state index in [1.807, 2.05) is 0 Å². The minimum atomic E-state index is 0.217. The predicted molar refractivity (Wildman–Crippen MR) is 65.2 cm³/mol. The molecule has 0 bridgehead atoms. The molecule has 0 aromatic heterocycles. The Morgan fingerprint density at radius 3 is 2.20 bits per heavy atom. The van der Waals surface area contributed by atoms with Crippen LogP contribution in [0.25, 0.3) is 0 Å². The average Bonchev–Trinajstić information content (AvgIpc) is 2.16. The topological polar surface area (TPSA) is 32.3 Å². The lowest BCUT2D eigenvalue weighted by Gasteiger charge is -2.19. The lowest BCUT2D eigenvalue weighted by Crippen LogP contribution is -2.18. The summed E-state index contributed by atoms with van der Waals surface area (Å²) in [5, 5.41) is 12.2. The molecule has 0 aliphatic carbocycles. The maximum Gasteiger partial charge on any atom is 0.0471 e. The molecule has 84 valence electrons. The van der Waals surface area contributed by atoms with Gasteiger partial charge in [0.25, 0.3) is 0 Å². The maximum atomic E-state index is 8.78. The lowest BCUT2D eigenvalue weighted by molar-refractivity contribution is 0.299. The van der Waals surface area contributed by atoms with Crippen LogP contribution in [0.2, 0.25) is 0 Å². The Hall–Kier alpha value is -1.02. The fourth-order valence-electron chi connectivity index (χ4n) is 1.29. The van der Waals surface area contributed by atoms with Gasteiger partial charge >= 0.3 is 0 Å². The Balaban J connectivity index is 2.50. The van der Waals surface area contributed by atoms with E-state index in [0.717, 1.165) is 18.7 Å². The quantitative estimate of drug-likeness (QED) is 0.795. The molecule has 1 rings (SSSR count). The molecular weight excluding hydrogens is 186 g/mol. The molecule has 1 aromatic carbocycles. The Labute approximate surface area is 92.3 Å². The molecule has 15 heavy (non-hydrogen) atoms. The van der Waals surface area contributed by atoms with E-state index in [9.17, 15) is 0 Å². The Bertz CT molecular complexity index is 284. The van der Waals surface area contributed by atoms with Gasteiger partial charge in [-0.15, -0.1) is 0 Å². The number of rotatable bonds is 4. The van der Waals surface area contributed by atoms with Crippen molar-refractivity contribution in [1.29, 1.82) is 0 Å². The van der Waals surface area contributed by atoms with E-state index in [-0.39, 0.29) is 6.61 Å². The van der Waals surface area contributed by atoms with Crippen LogP contribution < -0.4 is 5.32 Å². The molecule has 1 aromatic rings. The molecule has 0 atom stereocenters. The SMILES string of the molecule is CC(C)(C)CNc1ccc(CCO)cc1. The van der Waals surface area contributed by atoms with Crippen LogP contribution in [0.3, 0.4) is 0 Å². The fraction of sp³-hybridized carbons (Fsp3) is 0.538. The van der Waals surface area contributed by atoms with Crippen molar-refractivity contribution in [2.24, 2.45) is 5.41 Å². The van der Waals surface area contributed by atoms with Gasteiger partial charge in [0.05, 0.1) is 0 Å². The highest BCUT2D eigenvalue weighted by Gasteiger charge is 2.08. The largest absolute Gasteiger partial charge is 0.396 e. The van der Waals surface area contributed by atoms with Crippen LogP contribution in [0.4, 0.5) is 5.69 Å². The molecule has 0 saturated heterocycles. The number of aliphatic hydroxyl groups excluding tert-OH is 1. The van der Waals surface area contributed by atoms with Gasteiger partial charge in [0.1, 0.15) is 0 Å². The number of nitrogens with one attached hydrogen (secondary N) is 1. The van der Waals surface area contributed by atoms with E-state index in [1.165, 1.54) is 5.56 Å². The number of anilines is 1. The third-order valence-corrected chi connectivity index (χ3v) is 2.18. The summed E-state index contributed by atoms with van der Waals surface area (Å²) in [6.45, 7) is 7.81. The normalized spacial score (nSPS) is 11.5. The summed E-state index contributed by atoms with van der Waals surface area (Å²) in [6, 6.07) is 8.25. The molecule has 0 spiro atoms. The van der Waals surface area contributed by atoms with Crippen LogP contribution >= 0.6 is 0 Å². The first-order chi connectivity index (χ1) is 7.01. The van der Waals surface area contributed by atoms with E-state index in [2.05, 4.69) is 50.4 Å². The van der Waals surface area contributed by atoms with Crippen LogP contribution in [0.5, 0.6) is 0 Å². The number of aliphatic hydroxyl groups is 1. The molecule has 2 heteroatoms.